The molecule has 0 atom stereocenters. The number of amides is 1. The third kappa shape index (κ3) is 5.29. The van der Waals surface area contributed by atoms with Crippen LogP contribution >= 0.6 is 23.7 Å². The zero-order chi connectivity index (χ0) is 21.1. The Kier molecular flexibility index (Phi) is 7.41. The van der Waals surface area contributed by atoms with Gasteiger partial charge in [0.2, 0.25) is 5.91 Å². The van der Waals surface area contributed by atoms with E-state index in [4.69, 9.17) is 4.98 Å². The Bertz CT molecular complexity index is 1120. The molecule has 0 saturated heterocycles. The molecule has 0 aliphatic rings. The van der Waals surface area contributed by atoms with Crippen LogP contribution in [0.3, 0.4) is 0 Å². The van der Waals surface area contributed by atoms with Gasteiger partial charge in [-0.25, -0.2) is 14.4 Å². The van der Waals surface area contributed by atoms with Crippen LogP contribution in [0, 0.1) is 19.7 Å². The molecule has 0 radical (unpaired) electrons. The first-order valence-electron chi connectivity index (χ1n) is 9.88. The molecule has 31 heavy (non-hydrogen) atoms. The molecule has 4 aromatic rings. The summed E-state index contributed by atoms with van der Waals surface area (Å²) in [4.78, 5) is 23.9. The summed E-state index contributed by atoms with van der Waals surface area (Å²) in [5.74, 6) is -0.345. The molecule has 0 aliphatic heterocycles. The molecule has 0 N–H and O–H groups in total. The number of aromatic nitrogens is 3. The number of carbonyl (C=O) groups excluding carboxylic acids is 1. The fourth-order valence-electron chi connectivity index (χ4n) is 3.39. The van der Waals surface area contributed by atoms with Gasteiger partial charge >= 0.3 is 0 Å². The Balaban J connectivity index is 0.00000272. The lowest BCUT2D eigenvalue weighted by molar-refractivity contribution is -0.118. The van der Waals surface area contributed by atoms with E-state index in [0.29, 0.717) is 11.7 Å². The van der Waals surface area contributed by atoms with Crippen LogP contribution in [-0.4, -0.2) is 27.0 Å². The molecule has 0 bridgehead atoms. The molecular formula is C23H24ClFN4OS. The van der Waals surface area contributed by atoms with Crippen LogP contribution in [-0.2, 0) is 17.8 Å². The third-order valence-corrected chi connectivity index (χ3v) is 6.30. The van der Waals surface area contributed by atoms with Crippen LogP contribution in [0.25, 0.3) is 10.2 Å². The third-order valence-electron chi connectivity index (χ3n) is 5.09. The number of nitrogens with zero attached hydrogens (tertiary/aromatic N) is 4. The van der Waals surface area contributed by atoms with E-state index in [2.05, 4.69) is 24.0 Å². The van der Waals surface area contributed by atoms with Gasteiger partial charge in [0.25, 0.3) is 0 Å². The summed E-state index contributed by atoms with van der Waals surface area (Å²) in [6.07, 6.45) is 6.42. The topological polar surface area (TPSA) is 51.0 Å². The van der Waals surface area contributed by atoms with Gasteiger partial charge in [-0.3, -0.25) is 9.69 Å². The number of hydrogen-bond donors (Lipinski definition) is 0. The van der Waals surface area contributed by atoms with Gasteiger partial charge in [0.1, 0.15) is 5.82 Å². The number of halogens is 2. The van der Waals surface area contributed by atoms with E-state index in [9.17, 15) is 9.18 Å². The summed E-state index contributed by atoms with van der Waals surface area (Å²) in [5, 5.41) is 0.708. The van der Waals surface area contributed by atoms with Gasteiger partial charge in [0.15, 0.2) is 5.13 Å². The Morgan fingerprint density at radius 1 is 1.13 bits per heavy atom. The van der Waals surface area contributed by atoms with E-state index in [0.717, 1.165) is 39.9 Å². The predicted molar refractivity (Wildman–Crippen MR) is 126 cm³/mol. The van der Waals surface area contributed by atoms with Crippen molar-refractivity contribution in [3.63, 3.8) is 0 Å². The summed E-state index contributed by atoms with van der Waals surface area (Å²) >= 11 is 1.55. The Morgan fingerprint density at radius 3 is 2.55 bits per heavy atom. The lowest BCUT2D eigenvalue weighted by Gasteiger charge is -2.20. The van der Waals surface area contributed by atoms with Crippen molar-refractivity contribution in [1.29, 1.82) is 0 Å². The zero-order valence-electron chi connectivity index (χ0n) is 17.4. The Hall–Kier alpha value is -2.77. The number of imidazole rings is 1. The lowest BCUT2D eigenvalue weighted by Crippen LogP contribution is -2.33. The van der Waals surface area contributed by atoms with Crippen LogP contribution in [0.2, 0.25) is 0 Å². The Labute approximate surface area is 191 Å². The number of rotatable bonds is 7. The highest BCUT2D eigenvalue weighted by molar-refractivity contribution is 7.22. The molecule has 162 valence electrons. The quantitative estimate of drug-likeness (QED) is 0.375. The number of hydrogen-bond acceptors (Lipinski definition) is 4. The van der Waals surface area contributed by atoms with E-state index in [1.807, 2.05) is 17.7 Å². The minimum atomic E-state index is -0.305. The first kappa shape index (κ1) is 22.9. The number of fused-ring (bicyclic) bond motifs is 1. The maximum atomic E-state index is 13.2. The van der Waals surface area contributed by atoms with Crippen LogP contribution in [0.4, 0.5) is 9.52 Å². The molecule has 2 heterocycles. The van der Waals surface area contributed by atoms with E-state index in [-0.39, 0.29) is 30.6 Å². The predicted octanol–water partition coefficient (Wildman–Crippen LogP) is 5.34. The summed E-state index contributed by atoms with van der Waals surface area (Å²) in [5.41, 5.74) is 3.99. The van der Waals surface area contributed by atoms with E-state index < -0.39 is 0 Å². The maximum Gasteiger partial charge on any atom is 0.233 e. The van der Waals surface area contributed by atoms with Crippen molar-refractivity contribution in [2.45, 2.75) is 33.2 Å². The molecule has 8 heteroatoms. The van der Waals surface area contributed by atoms with E-state index in [1.54, 1.807) is 40.9 Å². The van der Waals surface area contributed by atoms with Gasteiger partial charge in [-0.15, -0.1) is 12.4 Å². The van der Waals surface area contributed by atoms with Gasteiger partial charge in [0, 0.05) is 25.5 Å². The van der Waals surface area contributed by atoms with Crippen molar-refractivity contribution in [2.24, 2.45) is 0 Å². The van der Waals surface area contributed by atoms with Crippen molar-refractivity contribution in [2.75, 3.05) is 11.4 Å². The van der Waals surface area contributed by atoms with Gasteiger partial charge in [-0.05, 0) is 49.1 Å². The zero-order valence-corrected chi connectivity index (χ0v) is 19.0. The minimum absolute atomic E-state index is 0. The highest BCUT2D eigenvalue weighted by Crippen LogP contribution is 2.33. The summed E-state index contributed by atoms with van der Waals surface area (Å²) in [6, 6.07) is 10.2. The summed E-state index contributed by atoms with van der Waals surface area (Å²) in [6.45, 7) is 5.42. The average Bonchev–Trinajstić information content (AvgIpc) is 3.40. The Morgan fingerprint density at radius 2 is 1.87 bits per heavy atom. The SMILES string of the molecule is Cc1ccc(C)c2sc(N(CCCn3ccnc3)C(=O)Cc3ccc(F)cc3)nc12.Cl. The van der Waals surface area contributed by atoms with Gasteiger partial charge in [0.05, 0.1) is 23.0 Å². The van der Waals surface area contributed by atoms with E-state index >= 15 is 0 Å². The number of anilines is 1. The van der Waals surface area contributed by atoms with Crippen molar-refractivity contribution in [1.82, 2.24) is 14.5 Å². The first-order valence-corrected chi connectivity index (χ1v) is 10.7. The molecule has 4 rings (SSSR count). The smallest absolute Gasteiger partial charge is 0.233 e. The summed E-state index contributed by atoms with van der Waals surface area (Å²) < 4.78 is 16.3. The van der Waals surface area contributed by atoms with Gasteiger partial charge < -0.3 is 4.57 Å². The second-order valence-electron chi connectivity index (χ2n) is 7.38. The van der Waals surface area contributed by atoms with Crippen LogP contribution < -0.4 is 4.90 Å². The van der Waals surface area contributed by atoms with Crippen molar-refractivity contribution < 1.29 is 9.18 Å². The molecular weight excluding hydrogens is 435 g/mol. The molecule has 2 aromatic carbocycles. The number of aryl methyl sites for hydroxylation is 3. The normalized spacial score (nSPS) is 10.8. The van der Waals surface area contributed by atoms with Gasteiger partial charge in [-0.2, -0.15) is 0 Å². The standard InChI is InChI=1S/C23H23FN4OS.ClH/c1-16-4-5-17(2)22-21(16)26-23(30-22)28(12-3-11-27-13-10-25-15-27)20(29)14-18-6-8-19(24)9-7-18;/h4-10,13,15H,3,11-12,14H2,1-2H3;1H. The van der Waals surface area contributed by atoms with E-state index in [1.165, 1.54) is 12.1 Å². The van der Waals surface area contributed by atoms with Crippen LogP contribution in [0.1, 0.15) is 23.1 Å². The van der Waals surface area contributed by atoms with Crippen molar-refractivity contribution in [3.05, 3.63) is 77.6 Å². The average molecular weight is 459 g/mol. The minimum Gasteiger partial charge on any atom is -0.337 e. The fraction of sp³-hybridized carbons (Fsp3) is 0.261. The monoisotopic (exact) mass is 458 g/mol. The second kappa shape index (κ2) is 10.0. The van der Waals surface area contributed by atoms with Crippen LogP contribution in [0.15, 0.2) is 55.1 Å². The van der Waals surface area contributed by atoms with Crippen molar-refractivity contribution >= 4 is 45.0 Å². The molecule has 0 unspecified atom stereocenters. The number of benzene rings is 2. The second-order valence-corrected chi connectivity index (χ2v) is 8.35. The molecule has 0 fully saturated rings. The molecule has 1 amide bonds. The highest BCUT2D eigenvalue weighted by Gasteiger charge is 2.21. The molecule has 0 saturated carbocycles. The highest BCUT2D eigenvalue weighted by atomic mass is 35.5. The number of carbonyl (C=O) groups is 1. The molecule has 0 aliphatic carbocycles. The van der Waals surface area contributed by atoms with Gasteiger partial charge in [-0.1, -0.05) is 35.6 Å². The lowest BCUT2D eigenvalue weighted by atomic mass is 10.1. The summed E-state index contributed by atoms with van der Waals surface area (Å²) in [7, 11) is 0. The molecule has 5 nitrogen and oxygen atoms in total. The largest absolute Gasteiger partial charge is 0.337 e. The molecule has 0 spiro atoms. The number of thiazole rings is 1. The van der Waals surface area contributed by atoms with Crippen LogP contribution in [0.5, 0.6) is 0 Å². The maximum absolute atomic E-state index is 13.2. The van der Waals surface area contributed by atoms with Crippen molar-refractivity contribution in [3.8, 4) is 0 Å². The fourth-order valence-corrected chi connectivity index (χ4v) is 4.55. The molecule has 2 aromatic heterocycles. The first-order chi connectivity index (χ1) is 14.5.